The van der Waals surface area contributed by atoms with E-state index in [0.29, 0.717) is 41.6 Å². The van der Waals surface area contributed by atoms with Crippen LogP contribution in [0.3, 0.4) is 0 Å². The molecule has 1 aliphatic carbocycles. The van der Waals surface area contributed by atoms with E-state index in [1.165, 1.54) is 19.3 Å². The van der Waals surface area contributed by atoms with Gasteiger partial charge in [-0.25, -0.2) is 0 Å². The highest BCUT2D eigenvalue weighted by atomic mass is 32.1. The van der Waals surface area contributed by atoms with Crippen molar-refractivity contribution in [3.63, 3.8) is 0 Å². The molecule has 1 heterocycles. The number of nitrogens with one attached hydrogen (secondary N) is 3. The van der Waals surface area contributed by atoms with Crippen LogP contribution in [0, 0.1) is 10.7 Å². The lowest BCUT2D eigenvalue weighted by Gasteiger charge is -2.28. The SMILES string of the molecule is C[C@@H]1CCCC[C@@H]1OCCNC(=O)c1ccc2c(=O)[nH]c(=S)[nH]c2c1. The number of ether oxygens (including phenoxy) is 1. The second kappa shape index (κ2) is 7.93. The summed E-state index contributed by atoms with van der Waals surface area (Å²) in [5, 5.41) is 3.33. The number of hydrogen-bond acceptors (Lipinski definition) is 4. The molecule has 3 rings (SSSR count). The van der Waals surface area contributed by atoms with Crippen molar-refractivity contribution in [3.05, 3.63) is 38.9 Å². The molecule has 0 saturated heterocycles. The van der Waals surface area contributed by atoms with Gasteiger partial charge in [-0.2, -0.15) is 0 Å². The van der Waals surface area contributed by atoms with Crippen LogP contribution in [0.1, 0.15) is 43.0 Å². The standard InChI is InChI=1S/C18H23N3O3S/c1-11-4-2-3-5-15(11)24-9-8-19-16(22)12-6-7-13-14(10-12)20-18(25)21-17(13)23/h6-7,10-11,15H,2-5,8-9H2,1H3,(H,19,22)(H2,20,21,23,25)/t11-,15+/m1/s1. The highest BCUT2D eigenvalue weighted by molar-refractivity contribution is 7.71. The fourth-order valence-electron chi connectivity index (χ4n) is 3.32. The van der Waals surface area contributed by atoms with Gasteiger partial charge in [0.05, 0.1) is 23.6 Å². The zero-order chi connectivity index (χ0) is 17.8. The maximum Gasteiger partial charge on any atom is 0.259 e. The summed E-state index contributed by atoms with van der Waals surface area (Å²) < 4.78 is 6.14. The monoisotopic (exact) mass is 361 g/mol. The molecular weight excluding hydrogens is 338 g/mol. The molecule has 0 spiro atoms. The van der Waals surface area contributed by atoms with Gasteiger partial charge in [-0.1, -0.05) is 19.8 Å². The van der Waals surface area contributed by atoms with E-state index in [1.54, 1.807) is 18.2 Å². The predicted octanol–water partition coefficient (Wildman–Crippen LogP) is 2.91. The summed E-state index contributed by atoms with van der Waals surface area (Å²) in [6.45, 7) is 3.20. The number of aromatic nitrogens is 2. The lowest BCUT2D eigenvalue weighted by atomic mass is 9.88. The minimum atomic E-state index is -0.263. The molecule has 1 aromatic carbocycles. The number of carbonyl (C=O) groups excluding carboxylic acids is 1. The zero-order valence-electron chi connectivity index (χ0n) is 14.3. The summed E-state index contributed by atoms with van der Waals surface area (Å²) in [5.41, 5.74) is 0.768. The molecule has 1 saturated carbocycles. The van der Waals surface area contributed by atoms with Crippen molar-refractivity contribution in [2.24, 2.45) is 5.92 Å². The maximum absolute atomic E-state index is 12.3. The Morgan fingerprint density at radius 2 is 2.12 bits per heavy atom. The first kappa shape index (κ1) is 17.8. The summed E-state index contributed by atoms with van der Waals surface area (Å²) in [6, 6.07) is 4.89. The normalized spacial score (nSPS) is 20.5. The topological polar surface area (TPSA) is 87.0 Å². The zero-order valence-corrected chi connectivity index (χ0v) is 15.1. The van der Waals surface area contributed by atoms with Crippen molar-refractivity contribution in [1.29, 1.82) is 0 Å². The highest BCUT2D eigenvalue weighted by Gasteiger charge is 2.21. The Morgan fingerprint density at radius 3 is 2.92 bits per heavy atom. The van der Waals surface area contributed by atoms with Gasteiger partial charge in [-0.05, 0) is 49.2 Å². The number of rotatable bonds is 5. The van der Waals surface area contributed by atoms with E-state index in [4.69, 9.17) is 17.0 Å². The number of hydrogen-bond donors (Lipinski definition) is 3. The van der Waals surface area contributed by atoms with Crippen molar-refractivity contribution in [2.75, 3.05) is 13.2 Å². The average Bonchev–Trinajstić information content (AvgIpc) is 2.59. The molecule has 1 aliphatic rings. The lowest BCUT2D eigenvalue weighted by molar-refractivity contribution is -0.00293. The van der Waals surface area contributed by atoms with Crippen LogP contribution in [-0.4, -0.2) is 35.1 Å². The third kappa shape index (κ3) is 4.35. The van der Waals surface area contributed by atoms with E-state index >= 15 is 0 Å². The Kier molecular flexibility index (Phi) is 5.65. The fraction of sp³-hybridized carbons (Fsp3) is 0.500. The van der Waals surface area contributed by atoms with Crippen LogP contribution < -0.4 is 10.9 Å². The van der Waals surface area contributed by atoms with Gasteiger partial charge in [0.1, 0.15) is 0 Å². The molecule has 2 atom stereocenters. The van der Waals surface area contributed by atoms with E-state index in [1.807, 2.05) is 0 Å². The minimum absolute atomic E-state index is 0.193. The lowest BCUT2D eigenvalue weighted by Crippen LogP contribution is -2.31. The second-order valence-electron chi connectivity index (χ2n) is 6.60. The number of carbonyl (C=O) groups is 1. The third-order valence-corrected chi connectivity index (χ3v) is 4.96. The molecule has 6 nitrogen and oxygen atoms in total. The van der Waals surface area contributed by atoms with Crippen molar-refractivity contribution >= 4 is 29.0 Å². The summed E-state index contributed by atoms with van der Waals surface area (Å²) >= 11 is 4.96. The first-order chi connectivity index (χ1) is 12.0. The number of amides is 1. The van der Waals surface area contributed by atoms with Gasteiger partial charge >= 0.3 is 0 Å². The quantitative estimate of drug-likeness (QED) is 0.564. The summed E-state index contributed by atoms with van der Waals surface area (Å²) in [7, 11) is 0. The average molecular weight is 361 g/mol. The van der Waals surface area contributed by atoms with E-state index in [-0.39, 0.29) is 16.2 Å². The number of fused-ring (bicyclic) bond motifs is 1. The fourth-order valence-corrected chi connectivity index (χ4v) is 3.52. The van der Waals surface area contributed by atoms with E-state index in [2.05, 4.69) is 22.2 Å². The van der Waals surface area contributed by atoms with Gasteiger partial charge in [-0.15, -0.1) is 0 Å². The van der Waals surface area contributed by atoms with Gasteiger partial charge in [0, 0.05) is 12.1 Å². The van der Waals surface area contributed by atoms with Crippen LogP contribution >= 0.6 is 12.2 Å². The van der Waals surface area contributed by atoms with Gasteiger partial charge < -0.3 is 15.0 Å². The molecule has 0 radical (unpaired) electrons. The Labute approximate surface area is 151 Å². The molecule has 1 amide bonds. The van der Waals surface area contributed by atoms with Crippen LogP contribution in [0.2, 0.25) is 0 Å². The number of H-pyrrole nitrogens is 2. The number of benzene rings is 1. The second-order valence-corrected chi connectivity index (χ2v) is 7.00. The Balaban J connectivity index is 1.57. The van der Waals surface area contributed by atoms with E-state index in [0.717, 1.165) is 6.42 Å². The van der Waals surface area contributed by atoms with Crippen LogP contribution in [0.5, 0.6) is 0 Å². The van der Waals surface area contributed by atoms with Crippen LogP contribution in [0.15, 0.2) is 23.0 Å². The maximum atomic E-state index is 12.3. The van der Waals surface area contributed by atoms with Gasteiger partial charge in [0.2, 0.25) is 0 Å². The first-order valence-electron chi connectivity index (χ1n) is 8.71. The molecular formula is C18H23N3O3S. The third-order valence-electron chi connectivity index (χ3n) is 4.75. The van der Waals surface area contributed by atoms with E-state index in [9.17, 15) is 9.59 Å². The summed E-state index contributed by atoms with van der Waals surface area (Å²) in [5.74, 6) is 0.396. The molecule has 7 heteroatoms. The van der Waals surface area contributed by atoms with Crippen LogP contribution in [0.4, 0.5) is 0 Å². The molecule has 0 bridgehead atoms. The van der Waals surface area contributed by atoms with Crippen molar-refractivity contribution in [1.82, 2.24) is 15.3 Å². The van der Waals surface area contributed by atoms with Crippen molar-refractivity contribution in [2.45, 2.75) is 38.7 Å². The van der Waals surface area contributed by atoms with Crippen LogP contribution in [0.25, 0.3) is 10.9 Å². The number of aromatic amines is 2. The summed E-state index contributed by atoms with van der Waals surface area (Å²) in [4.78, 5) is 29.5. The molecule has 1 aromatic heterocycles. The molecule has 0 aliphatic heterocycles. The molecule has 3 N–H and O–H groups in total. The predicted molar refractivity (Wildman–Crippen MR) is 99.5 cm³/mol. The Morgan fingerprint density at radius 1 is 1.32 bits per heavy atom. The molecule has 134 valence electrons. The first-order valence-corrected chi connectivity index (χ1v) is 9.11. The molecule has 1 fully saturated rings. The molecule has 25 heavy (non-hydrogen) atoms. The smallest absolute Gasteiger partial charge is 0.259 e. The van der Waals surface area contributed by atoms with Crippen LogP contribution in [-0.2, 0) is 4.74 Å². The summed E-state index contributed by atoms with van der Waals surface area (Å²) in [6.07, 6.45) is 5.13. The Bertz CT molecular complexity index is 874. The molecule has 0 unspecified atom stereocenters. The largest absolute Gasteiger partial charge is 0.376 e. The van der Waals surface area contributed by atoms with Gasteiger partial charge in [0.25, 0.3) is 11.5 Å². The van der Waals surface area contributed by atoms with Gasteiger partial charge in [-0.3, -0.25) is 14.6 Å². The van der Waals surface area contributed by atoms with E-state index < -0.39 is 0 Å². The van der Waals surface area contributed by atoms with Gasteiger partial charge in [0.15, 0.2) is 4.77 Å². The minimum Gasteiger partial charge on any atom is -0.376 e. The molecule has 2 aromatic rings. The highest BCUT2D eigenvalue weighted by Crippen LogP contribution is 2.25. The Hall–Kier alpha value is -1.99. The van der Waals surface area contributed by atoms with Crippen molar-refractivity contribution in [3.8, 4) is 0 Å². The van der Waals surface area contributed by atoms with Crippen molar-refractivity contribution < 1.29 is 9.53 Å².